The lowest BCUT2D eigenvalue weighted by Crippen LogP contribution is -2.64. The fourth-order valence-electron chi connectivity index (χ4n) is 2.50. The van der Waals surface area contributed by atoms with E-state index in [9.17, 15) is 14.4 Å². The van der Waals surface area contributed by atoms with Crippen LogP contribution in [-0.2, 0) is 9.59 Å². The first kappa shape index (κ1) is 16.3. The van der Waals surface area contributed by atoms with Crippen LogP contribution in [0.2, 0.25) is 0 Å². The molecular formula is C14H23N5O3. The van der Waals surface area contributed by atoms with Crippen molar-refractivity contribution in [2.24, 2.45) is 10.9 Å². The van der Waals surface area contributed by atoms with Crippen molar-refractivity contribution in [3.8, 4) is 0 Å². The minimum atomic E-state index is -0.623. The lowest BCUT2D eigenvalue weighted by Gasteiger charge is -2.39. The molecule has 1 fully saturated rings. The van der Waals surface area contributed by atoms with E-state index in [-0.39, 0.29) is 24.4 Å². The summed E-state index contributed by atoms with van der Waals surface area (Å²) in [5.41, 5.74) is 0. The molecule has 0 aromatic carbocycles. The van der Waals surface area contributed by atoms with Gasteiger partial charge < -0.3 is 15.1 Å². The third-order valence-corrected chi connectivity index (χ3v) is 4.25. The van der Waals surface area contributed by atoms with E-state index in [4.69, 9.17) is 0 Å². The predicted octanol–water partition coefficient (Wildman–Crippen LogP) is -0.289. The van der Waals surface area contributed by atoms with Crippen LogP contribution in [0.15, 0.2) is 4.99 Å². The zero-order valence-electron chi connectivity index (χ0n) is 13.4. The SMILES string of the molecule is CCC(C)CNC(=O)CN1C=NC2C1C(=O)N(C)C(=O)N2C. The number of hydrogen-bond donors (Lipinski definition) is 1. The van der Waals surface area contributed by atoms with E-state index >= 15 is 0 Å². The van der Waals surface area contributed by atoms with Crippen molar-refractivity contribution in [1.29, 1.82) is 0 Å². The molecule has 8 nitrogen and oxygen atoms in total. The third-order valence-electron chi connectivity index (χ3n) is 4.25. The highest BCUT2D eigenvalue weighted by Gasteiger charge is 2.48. The molecule has 122 valence electrons. The van der Waals surface area contributed by atoms with Gasteiger partial charge in [0.2, 0.25) is 5.91 Å². The summed E-state index contributed by atoms with van der Waals surface area (Å²) in [5.74, 6) is -0.0714. The Bertz CT molecular complexity index is 507. The van der Waals surface area contributed by atoms with Gasteiger partial charge in [-0.05, 0) is 5.92 Å². The number of urea groups is 1. The van der Waals surface area contributed by atoms with Gasteiger partial charge in [0, 0.05) is 20.6 Å². The number of aliphatic imine (C=N–C) groups is 1. The smallest absolute Gasteiger partial charge is 0.328 e. The second-order valence-corrected chi connectivity index (χ2v) is 5.90. The molecule has 0 aromatic rings. The van der Waals surface area contributed by atoms with E-state index in [1.54, 1.807) is 11.9 Å². The number of fused-ring (bicyclic) bond motifs is 1. The van der Waals surface area contributed by atoms with Crippen molar-refractivity contribution in [3.63, 3.8) is 0 Å². The van der Waals surface area contributed by atoms with Crippen LogP contribution < -0.4 is 5.32 Å². The zero-order valence-corrected chi connectivity index (χ0v) is 13.4. The van der Waals surface area contributed by atoms with Gasteiger partial charge >= 0.3 is 6.03 Å². The number of rotatable bonds is 5. The van der Waals surface area contributed by atoms with E-state index < -0.39 is 12.2 Å². The maximum absolute atomic E-state index is 12.3. The molecule has 0 bridgehead atoms. The predicted molar refractivity (Wildman–Crippen MR) is 81.2 cm³/mol. The summed E-state index contributed by atoms with van der Waals surface area (Å²) in [7, 11) is 3.05. The Hall–Kier alpha value is -2.12. The van der Waals surface area contributed by atoms with Crippen molar-refractivity contribution in [3.05, 3.63) is 0 Å². The van der Waals surface area contributed by atoms with E-state index in [0.717, 1.165) is 11.3 Å². The molecule has 2 heterocycles. The molecule has 2 aliphatic rings. The van der Waals surface area contributed by atoms with Crippen LogP contribution in [0.25, 0.3) is 0 Å². The zero-order chi connectivity index (χ0) is 16.4. The van der Waals surface area contributed by atoms with Gasteiger partial charge in [0.05, 0.1) is 12.9 Å². The molecule has 1 N–H and O–H groups in total. The van der Waals surface area contributed by atoms with E-state index in [2.05, 4.69) is 24.2 Å². The highest BCUT2D eigenvalue weighted by molar-refractivity contribution is 6.02. The molecule has 2 rings (SSSR count). The van der Waals surface area contributed by atoms with E-state index in [1.807, 2.05) is 0 Å². The maximum Gasteiger partial charge on any atom is 0.328 e. The Labute approximate surface area is 130 Å². The van der Waals surface area contributed by atoms with Gasteiger partial charge in [-0.1, -0.05) is 20.3 Å². The Morgan fingerprint density at radius 2 is 2.09 bits per heavy atom. The molecule has 0 saturated carbocycles. The topological polar surface area (TPSA) is 85.3 Å². The van der Waals surface area contributed by atoms with E-state index in [0.29, 0.717) is 12.5 Å². The van der Waals surface area contributed by atoms with Gasteiger partial charge in [0.15, 0.2) is 12.2 Å². The number of hydrogen-bond acceptors (Lipinski definition) is 5. The van der Waals surface area contributed by atoms with Crippen LogP contribution in [-0.4, -0.2) is 78.3 Å². The number of likely N-dealkylation sites (N-methyl/N-ethyl adjacent to an activating group) is 2. The highest BCUT2D eigenvalue weighted by Crippen LogP contribution is 2.24. The summed E-state index contributed by atoms with van der Waals surface area (Å²) >= 11 is 0. The minimum absolute atomic E-state index is 0.0582. The first-order valence-electron chi connectivity index (χ1n) is 7.46. The fourth-order valence-corrected chi connectivity index (χ4v) is 2.50. The van der Waals surface area contributed by atoms with Gasteiger partial charge in [-0.15, -0.1) is 0 Å². The largest absolute Gasteiger partial charge is 0.354 e. The van der Waals surface area contributed by atoms with Gasteiger partial charge in [-0.2, -0.15) is 0 Å². The van der Waals surface area contributed by atoms with Crippen LogP contribution in [0, 0.1) is 5.92 Å². The van der Waals surface area contributed by atoms with Crippen LogP contribution >= 0.6 is 0 Å². The van der Waals surface area contributed by atoms with Crippen molar-refractivity contribution in [1.82, 2.24) is 20.0 Å². The Kier molecular flexibility index (Phi) is 4.68. The molecular weight excluding hydrogens is 286 g/mol. The quantitative estimate of drug-likeness (QED) is 0.756. The molecule has 3 unspecified atom stereocenters. The number of nitrogens with zero attached hydrogens (tertiary/aromatic N) is 4. The van der Waals surface area contributed by atoms with E-state index in [1.165, 1.54) is 18.3 Å². The van der Waals surface area contributed by atoms with Gasteiger partial charge in [-0.3, -0.25) is 14.5 Å². The number of carbonyl (C=O) groups is 3. The van der Waals surface area contributed by atoms with Crippen LogP contribution in [0.3, 0.4) is 0 Å². The van der Waals surface area contributed by atoms with Gasteiger partial charge in [-0.25, -0.2) is 9.79 Å². The summed E-state index contributed by atoms with van der Waals surface area (Å²) in [6.45, 7) is 4.80. The van der Waals surface area contributed by atoms with Crippen molar-refractivity contribution < 1.29 is 14.4 Å². The minimum Gasteiger partial charge on any atom is -0.354 e. The molecule has 3 atom stereocenters. The average molecular weight is 309 g/mol. The van der Waals surface area contributed by atoms with Gasteiger partial charge in [0.25, 0.3) is 5.91 Å². The van der Waals surface area contributed by atoms with Crippen molar-refractivity contribution in [2.75, 3.05) is 27.2 Å². The van der Waals surface area contributed by atoms with Crippen LogP contribution in [0.5, 0.6) is 0 Å². The van der Waals surface area contributed by atoms with Crippen molar-refractivity contribution in [2.45, 2.75) is 32.5 Å². The molecule has 0 aliphatic carbocycles. The Morgan fingerprint density at radius 1 is 1.41 bits per heavy atom. The Balaban J connectivity index is 1.99. The molecule has 22 heavy (non-hydrogen) atoms. The summed E-state index contributed by atoms with van der Waals surface area (Å²) in [6.07, 6.45) is 1.92. The molecule has 4 amide bonds. The normalized spacial score (nSPS) is 25.5. The lowest BCUT2D eigenvalue weighted by molar-refractivity contribution is -0.136. The lowest BCUT2D eigenvalue weighted by atomic mass is 10.1. The molecule has 1 saturated heterocycles. The number of carbonyl (C=O) groups excluding carboxylic acids is 3. The maximum atomic E-state index is 12.3. The van der Waals surface area contributed by atoms with Gasteiger partial charge in [0.1, 0.15) is 0 Å². The fraction of sp³-hybridized carbons (Fsp3) is 0.714. The third kappa shape index (κ3) is 2.90. The molecule has 0 spiro atoms. The average Bonchev–Trinajstić information content (AvgIpc) is 2.92. The number of nitrogens with one attached hydrogen (secondary N) is 1. The Morgan fingerprint density at radius 3 is 2.73 bits per heavy atom. The molecule has 0 radical (unpaired) electrons. The summed E-state index contributed by atoms with van der Waals surface area (Å²) in [6, 6.07) is -1.01. The van der Waals surface area contributed by atoms with Crippen molar-refractivity contribution >= 4 is 24.2 Å². The molecule has 0 aromatic heterocycles. The second-order valence-electron chi connectivity index (χ2n) is 5.90. The summed E-state index contributed by atoms with van der Waals surface area (Å²) in [4.78, 5) is 44.5. The number of imide groups is 1. The molecule has 8 heteroatoms. The summed E-state index contributed by atoms with van der Waals surface area (Å²) < 4.78 is 0. The highest BCUT2D eigenvalue weighted by atomic mass is 16.2. The van der Waals surface area contributed by atoms with Crippen LogP contribution in [0.4, 0.5) is 4.79 Å². The van der Waals surface area contributed by atoms with Crippen LogP contribution in [0.1, 0.15) is 20.3 Å². The standard InChI is InChI=1S/C14H23N5O3/c1-5-9(2)6-15-10(20)7-19-8-16-12-11(19)13(21)18(4)14(22)17(12)3/h8-9,11-12H,5-7H2,1-4H3,(H,15,20). The monoisotopic (exact) mass is 309 g/mol. The summed E-state index contributed by atoms with van der Waals surface area (Å²) in [5, 5.41) is 2.85. The molecule has 2 aliphatic heterocycles. The first-order chi connectivity index (χ1) is 10.4. The number of amides is 4. The first-order valence-corrected chi connectivity index (χ1v) is 7.46. The second kappa shape index (κ2) is 6.33.